The fourth-order valence-corrected chi connectivity index (χ4v) is 3.96. The van der Waals surface area contributed by atoms with Gasteiger partial charge in [-0.25, -0.2) is 4.68 Å². The maximum Gasteiger partial charge on any atom is 0.242 e. The van der Waals surface area contributed by atoms with Crippen LogP contribution in [0, 0.1) is 0 Å². The first-order valence-corrected chi connectivity index (χ1v) is 9.91. The Bertz CT molecular complexity index is 855. The van der Waals surface area contributed by atoms with E-state index in [1.807, 2.05) is 39.9 Å². The maximum absolute atomic E-state index is 12.8. The van der Waals surface area contributed by atoms with Crippen LogP contribution in [0.25, 0.3) is 11.3 Å². The first-order chi connectivity index (χ1) is 13.1. The summed E-state index contributed by atoms with van der Waals surface area (Å²) < 4.78 is 1.81. The van der Waals surface area contributed by atoms with Crippen molar-refractivity contribution in [2.75, 3.05) is 24.5 Å². The molecule has 1 fully saturated rings. The quantitative estimate of drug-likeness (QED) is 0.812. The molecule has 0 saturated carbocycles. The van der Waals surface area contributed by atoms with Crippen LogP contribution in [0.15, 0.2) is 30.3 Å². The number of carbonyl (C=O) groups excluding carboxylic acids is 2. The summed E-state index contributed by atoms with van der Waals surface area (Å²) in [5.74, 6) is 0.678. The summed E-state index contributed by atoms with van der Waals surface area (Å²) in [5, 5.41) is 5.26. The zero-order valence-corrected chi connectivity index (χ0v) is 16.0. The highest BCUT2D eigenvalue weighted by atomic mass is 35.5. The van der Waals surface area contributed by atoms with Gasteiger partial charge in [0.15, 0.2) is 0 Å². The summed E-state index contributed by atoms with van der Waals surface area (Å²) in [4.78, 5) is 28.8. The number of anilines is 1. The molecule has 4 rings (SSSR count). The third kappa shape index (κ3) is 3.86. The number of aromatic nitrogens is 2. The lowest BCUT2D eigenvalue weighted by Crippen LogP contribution is -2.46. The lowest BCUT2D eigenvalue weighted by atomic mass is 10.1. The zero-order chi connectivity index (χ0) is 18.8. The number of nitrogens with zero attached hydrogens (tertiary/aromatic N) is 4. The number of likely N-dealkylation sites (tertiary alicyclic amines) is 1. The van der Waals surface area contributed by atoms with Crippen LogP contribution < -0.4 is 4.90 Å². The fraction of sp³-hybridized carbons (Fsp3) is 0.450. The molecule has 2 amide bonds. The number of halogens is 1. The maximum atomic E-state index is 12.8. The number of benzene rings is 1. The molecule has 1 saturated heterocycles. The highest BCUT2D eigenvalue weighted by molar-refractivity contribution is 6.30. The molecule has 0 aliphatic carbocycles. The predicted octanol–water partition coefficient (Wildman–Crippen LogP) is 3.34. The second-order valence-corrected chi connectivity index (χ2v) is 7.58. The molecule has 27 heavy (non-hydrogen) atoms. The summed E-state index contributed by atoms with van der Waals surface area (Å²) in [7, 11) is 0. The molecule has 2 aliphatic rings. The molecule has 0 radical (unpaired) electrons. The molecule has 3 heterocycles. The molecular weight excluding hydrogens is 364 g/mol. The van der Waals surface area contributed by atoms with Crippen molar-refractivity contribution in [1.29, 1.82) is 0 Å². The molecule has 142 valence electrons. The Hall–Kier alpha value is -2.34. The Kier molecular flexibility index (Phi) is 5.16. The Labute approximate surface area is 163 Å². The van der Waals surface area contributed by atoms with Crippen molar-refractivity contribution in [2.24, 2.45) is 0 Å². The Morgan fingerprint density at radius 3 is 2.59 bits per heavy atom. The average Bonchev–Trinajstić information content (AvgIpc) is 2.90. The minimum atomic E-state index is -0.0248. The van der Waals surface area contributed by atoms with E-state index in [4.69, 9.17) is 11.6 Å². The van der Waals surface area contributed by atoms with Gasteiger partial charge in [0.05, 0.1) is 12.2 Å². The molecule has 0 bridgehead atoms. The van der Waals surface area contributed by atoms with Gasteiger partial charge in [-0.3, -0.25) is 14.5 Å². The Balaban J connectivity index is 1.57. The molecule has 2 aliphatic heterocycles. The molecule has 2 aromatic rings. The Morgan fingerprint density at radius 1 is 1.07 bits per heavy atom. The second kappa shape index (κ2) is 7.72. The van der Waals surface area contributed by atoms with Crippen LogP contribution in [-0.4, -0.2) is 46.1 Å². The molecule has 7 heteroatoms. The van der Waals surface area contributed by atoms with Crippen molar-refractivity contribution in [3.8, 4) is 11.3 Å². The third-order valence-corrected chi connectivity index (χ3v) is 5.48. The van der Waals surface area contributed by atoms with Crippen molar-refractivity contribution in [1.82, 2.24) is 14.7 Å². The SMILES string of the molecule is O=C(CN1C(=O)CCn2nc(-c3cccc(Cl)c3)cc21)N1CCCCCC1. The van der Waals surface area contributed by atoms with Crippen LogP contribution in [0.2, 0.25) is 5.02 Å². The molecule has 0 unspecified atom stereocenters. The molecule has 0 atom stereocenters. The van der Waals surface area contributed by atoms with Gasteiger partial charge in [-0.1, -0.05) is 36.6 Å². The highest BCUT2D eigenvalue weighted by Gasteiger charge is 2.29. The molecular formula is C20H23ClN4O2. The van der Waals surface area contributed by atoms with Crippen molar-refractivity contribution >= 4 is 29.2 Å². The van der Waals surface area contributed by atoms with Crippen LogP contribution >= 0.6 is 11.6 Å². The van der Waals surface area contributed by atoms with Crippen molar-refractivity contribution in [3.05, 3.63) is 35.4 Å². The van der Waals surface area contributed by atoms with Gasteiger partial charge < -0.3 is 4.90 Å². The van der Waals surface area contributed by atoms with E-state index in [-0.39, 0.29) is 18.4 Å². The average molecular weight is 387 g/mol. The largest absolute Gasteiger partial charge is 0.341 e. The van der Waals surface area contributed by atoms with Gasteiger partial charge in [0, 0.05) is 36.2 Å². The van der Waals surface area contributed by atoms with E-state index < -0.39 is 0 Å². The van der Waals surface area contributed by atoms with Crippen LogP contribution in [0.4, 0.5) is 5.82 Å². The first kappa shape index (κ1) is 18.0. The normalized spacial score (nSPS) is 17.6. The minimum Gasteiger partial charge on any atom is -0.341 e. The van der Waals surface area contributed by atoms with Crippen molar-refractivity contribution in [2.45, 2.75) is 38.6 Å². The van der Waals surface area contributed by atoms with Gasteiger partial charge in [0.1, 0.15) is 12.4 Å². The molecule has 1 aromatic heterocycles. The number of rotatable bonds is 3. The smallest absolute Gasteiger partial charge is 0.242 e. The molecule has 6 nitrogen and oxygen atoms in total. The standard InChI is InChI=1S/C20H23ClN4O2/c21-16-7-5-6-15(12-16)17-13-18-24(19(26)8-11-25(18)22-17)14-20(27)23-9-3-1-2-4-10-23/h5-7,12-13H,1-4,8-11,14H2. The predicted molar refractivity (Wildman–Crippen MR) is 105 cm³/mol. The lowest BCUT2D eigenvalue weighted by molar-refractivity contribution is -0.131. The number of amides is 2. The summed E-state index contributed by atoms with van der Waals surface area (Å²) in [5.41, 5.74) is 1.66. The number of carbonyl (C=O) groups is 2. The van der Waals surface area contributed by atoms with Gasteiger partial charge in [-0.15, -0.1) is 0 Å². The third-order valence-electron chi connectivity index (χ3n) is 5.25. The van der Waals surface area contributed by atoms with Crippen LogP contribution in [-0.2, 0) is 16.1 Å². The van der Waals surface area contributed by atoms with Crippen molar-refractivity contribution < 1.29 is 9.59 Å². The summed E-state index contributed by atoms with van der Waals surface area (Å²) in [6, 6.07) is 9.36. The van der Waals surface area contributed by atoms with E-state index in [0.717, 1.165) is 37.2 Å². The van der Waals surface area contributed by atoms with Crippen LogP contribution in [0.5, 0.6) is 0 Å². The zero-order valence-electron chi connectivity index (χ0n) is 15.2. The van der Waals surface area contributed by atoms with Gasteiger partial charge >= 0.3 is 0 Å². The molecule has 0 N–H and O–H groups in total. The van der Waals surface area contributed by atoms with Gasteiger partial charge in [0.2, 0.25) is 11.8 Å². The van der Waals surface area contributed by atoms with E-state index in [9.17, 15) is 9.59 Å². The van der Waals surface area contributed by atoms with Crippen LogP contribution in [0.1, 0.15) is 32.1 Å². The fourth-order valence-electron chi connectivity index (χ4n) is 3.77. The van der Waals surface area contributed by atoms with Gasteiger partial charge in [-0.05, 0) is 25.0 Å². The van der Waals surface area contributed by atoms with E-state index in [2.05, 4.69) is 5.10 Å². The number of aryl methyl sites for hydroxylation is 1. The number of hydrogen-bond donors (Lipinski definition) is 0. The van der Waals surface area contributed by atoms with Gasteiger partial charge in [0.25, 0.3) is 0 Å². The number of fused-ring (bicyclic) bond motifs is 1. The van der Waals surface area contributed by atoms with E-state index in [1.54, 1.807) is 4.90 Å². The lowest BCUT2D eigenvalue weighted by Gasteiger charge is -2.29. The van der Waals surface area contributed by atoms with Crippen molar-refractivity contribution in [3.63, 3.8) is 0 Å². The molecule has 0 spiro atoms. The monoisotopic (exact) mass is 386 g/mol. The first-order valence-electron chi connectivity index (χ1n) is 9.54. The topological polar surface area (TPSA) is 58.4 Å². The summed E-state index contributed by atoms with van der Waals surface area (Å²) >= 11 is 6.09. The number of hydrogen-bond acceptors (Lipinski definition) is 3. The second-order valence-electron chi connectivity index (χ2n) is 7.15. The van der Waals surface area contributed by atoms with Gasteiger partial charge in [-0.2, -0.15) is 5.10 Å². The minimum absolute atomic E-state index is 0.0178. The summed E-state index contributed by atoms with van der Waals surface area (Å²) in [6.45, 7) is 2.18. The summed E-state index contributed by atoms with van der Waals surface area (Å²) in [6.07, 6.45) is 4.77. The van der Waals surface area contributed by atoms with E-state index >= 15 is 0 Å². The van der Waals surface area contributed by atoms with E-state index in [1.165, 1.54) is 12.8 Å². The van der Waals surface area contributed by atoms with E-state index in [0.29, 0.717) is 23.8 Å². The highest BCUT2D eigenvalue weighted by Crippen LogP contribution is 2.29. The molecule has 1 aromatic carbocycles. The van der Waals surface area contributed by atoms with Crippen LogP contribution in [0.3, 0.4) is 0 Å². The Morgan fingerprint density at radius 2 is 1.85 bits per heavy atom.